The van der Waals surface area contributed by atoms with Gasteiger partial charge in [-0.1, -0.05) is 36.4 Å². The Bertz CT molecular complexity index is 822. The average molecular weight is 421 g/mol. The van der Waals surface area contributed by atoms with Crippen LogP contribution < -0.4 is 10.1 Å². The van der Waals surface area contributed by atoms with Gasteiger partial charge in [0.2, 0.25) is 0 Å². The summed E-state index contributed by atoms with van der Waals surface area (Å²) in [6.45, 7) is 4.07. The molecule has 3 rings (SSSR count). The molecule has 0 spiro atoms. The van der Waals surface area contributed by atoms with Gasteiger partial charge in [0, 0.05) is 32.7 Å². The van der Waals surface area contributed by atoms with Gasteiger partial charge in [-0.3, -0.25) is 9.69 Å². The molecule has 1 aliphatic rings. The third-order valence-corrected chi connectivity index (χ3v) is 5.11. The smallest absolute Gasteiger partial charge is 0.416 e. The molecule has 1 saturated heterocycles. The summed E-state index contributed by atoms with van der Waals surface area (Å²) in [5.74, 6) is -0.370. The Morgan fingerprint density at radius 3 is 2.43 bits per heavy atom. The van der Waals surface area contributed by atoms with Gasteiger partial charge < -0.3 is 15.0 Å². The molecule has 2 aromatic carbocycles. The molecule has 30 heavy (non-hydrogen) atoms. The van der Waals surface area contributed by atoms with Crippen molar-refractivity contribution >= 4 is 5.91 Å². The first-order valence-corrected chi connectivity index (χ1v) is 9.86. The number of piperazine rings is 1. The van der Waals surface area contributed by atoms with Gasteiger partial charge in [-0.05, 0) is 30.8 Å². The number of benzene rings is 2. The average Bonchev–Trinajstić information content (AvgIpc) is 2.73. The van der Waals surface area contributed by atoms with Crippen LogP contribution in [0, 0.1) is 0 Å². The number of carbonyl (C=O) groups is 1. The van der Waals surface area contributed by atoms with Gasteiger partial charge in [0.15, 0.2) is 6.61 Å². The van der Waals surface area contributed by atoms with E-state index in [9.17, 15) is 18.0 Å². The number of rotatable bonds is 7. The molecular formula is C22H26F3N3O2. The molecule has 1 N–H and O–H groups in total. The van der Waals surface area contributed by atoms with Crippen molar-refractivity contribution in [3.8, 4) is 5.75 Å². The summed E-state index contributed by atoms with van der Waals surface area (Å²) in [6, 6.07) is 13.9. The topological polar surface area (TPSA) is 44.8 Å². The van der Waals surface area contributed by atoms with Gasteiger partial charge in [-0.2, -0.15) is 13.2 Å². The molecule has 0 bridgehead atoms. The summed E-state index contributed by atoms with van der Waals surface area (Å²) in [5, 5.41) is 2.97. The van der Waals surface area contributed by atoms with Crippen LogP contribution >= 0.6 is 0 Å². The number of amides is 1. The van der Waals surface area contributed by atoms with E-state index in [4.69, 9.17) is 4.74 Å². The summed E-state index contributed by atoms with van der Waals surface area (Å²) >= 11 is 0. The lowest BCUT2D eigenvalue weighted by molar-refractivity contribution is -0.137. The standard InChI is InChI=1S/C22H26F3N3O2/c1-27-10-12-28(13-11-27)15-20(17-6-3-2-4-7-17)26-21(29)16-30-19-9-5-8-18(14-19)22(23,24)25/h2-9,14,20H,10-13,15-16H2,1H3,(H,26,29). The van der Waals surface area contributed by atoms with Crippen molar-refractivity contribution in [1.29, 1.82) is 0 Å². The first-order valence-electron chi connectivity index (χ1n) is 9.86. The molecule has 1 atom stereocenters. The second-order valence-electron chi connectivity index (χ2n) is 7.45. The van der Waals surface area contributed by atoms with Gasteiger partial charge in [-0.25, -0.2) is 0 Å². The summed E-state index contributed by atoms with van der Waals surface area (Å²) in [5.41, 5.74) is 0.168. The fourth-order valence-electron chi connectivity index (χ4n) is 3.36. The predicted molar refractivity (Wildman–Crippen MR) is 108 cm³/mol. The van der Waals surface area contributed by atoms with Crippen LogP contribution in [0.4, 0.5) is 13.2 Å². The molecule has 162 valence electrons. The number of alkyl halides is 3. The van der Waals surface area contributed by atoms with Gasteiger partial charge in [0.05, 0.1) is 11.6 Å². The van der Waals surface area contributed by atoms with Crippen LogP contribution in [0.2, 0.25) is 0 Å². The van der Waals surface area contributed by atoms with Crippen molar-refractivity contribution < 1.29 is 22.7 Å². The van der Waals surface area contributed by atoms with Gasteiger partial charge in [-0.15, -0.1) is 0 Å². The van der Waals surface area contributed by atoms with Crippen LogP contribution in [0.3, 0.4) is 0 Å². The monoisotopic (exact) mass is 421 g/mol. The lowest BCUT2D eigenvalue weighted by Crippen LogP contribution is -2.48. The highest BCUT2D eigenvalue weighted by molar-refractivity contribution is 5.78. The normalized spacial score (nSPS) is 16.8. The zero-order valence-corrected chi connectivity index (χ0v) is 16.9. The van der Waals surface area contributed by atoms with Crippen molar-refractivity contribution in [1.82, 2.24) is 15.1 Å². The van der Waals surface area contributed by atoms with Crippen LogP contribution in [0.5, 0.6) is 5.75 Å². The van der Waals surface area contributed by atoms with E-state index in [0.717, 1.165) is 43.9 Å². The first-order chi connectivity index (χ1) is 14.3. The van der Waals surface area contributed by atoms with E-state index >= 15 is 0 Å². The molecule has 0 saturated carbocycles. The molecule has 2 aromatic rings. The number of halogens is 3. The number of nitrogens with one attached hydrogen (secondary N) is 1. The van der Waals surface area contributed by atoms with Crippen LogP contribution in [-0.2, 0) is 11.0 Å². The Kier molecular flexibility index (Phi) is 7.33. The fraction of sp³-hybridized carbons (Fsp3) is 0.409. The molecule has 1 unspecified atom stereocenters. The third-order valence-electron chi connectivity index (χ3n) is 5.11. The SMILES string of the molecule is CN1CCN(CC(NC(=O)COc2cccc(C(F)(F)F)c2)c2ccccc2)CC1. The minimum absolute atomic E-state index is 0.00954. The molecule has 0 aliphatic carbocycles. The molecular weight excluding hydrogens is 395 g/mol. The van der Waals surface area contributed by atoms with E-state index in [-0.39, 0.29) is 24.3 Å². The van der Waals surface area contributed by atoms with E-state index in [1.807, 2.05) is 30.3 Å². The van der Waals surface area contributed by atoms with E-state index in [2.05, 4.69) is 22.2 Å². The Labute approximate surface area is 174 Å². The highest BCUT2D eigenvalue weighted by Gasteiger charge is 2.30. The number of hydrogen-bond donors (Lipinski definition) is 1. The van der Waals surface area contributed by atoms with Crippen molar-refractivity contribution in [3.63, 3.8) is 0 Å². The highest BCUT2D eigenvalue weighted by Crippen LogP contribution is 2.31. The zero-order chi connectivity index (χ0) is 21.6. The van der Waals surface area contributed by atoms with Crippen molar-refractivity contribution in [2.75, 3.05) is 46.4 Å². The number of carbonyl (C=O) groups excluding carboxylic acids is 1. The second kappa shape index (κ2) is 9.95. The van der Waals surface area contributed by atoms with E-state index in [0.29, 0.717) is 6.54 Å². The van der Waals surface area contributed by atoms with Crippen LogP contribution in [0.25, 0.3) is 0 Å². The van der Waals surface area contributed by atoms with Crippen molar-refractivity contribution in [2.24, 2.45) is 0 Å². The lowest BCUT2D eigenvalue weighted by atomic mass is 10.1. The number of hydrogen-bond acceptors (Lipinski definition) is 4. The first kappa shape index (κ1) is 22.1. The third kappa shape index (κ3) is 6.47. The summed E-state index contributed by atoms with van der Waals surface area (Å²) < 4.78 is 43.8. The zero-order valence-electron chi connectivity index (χ0n) is 16.9. The van der Waals surface area contributed by atoms with E-state index in [1.165, 1.54) is 12.1 Å². The Morgan fingerprint density at radius 1 is 1.07 bits per heavy atom. The van der Waals surface area contributed by atoms with Gasteiger partial charge >= 0.3 is 6.18 Å². The fourth-order valence-corrected chi connectivity index (χ4v) is 3.36. The summed E-state index contributed by atoms with van der Waals surface area (Å²) in [6.07, 6.45) is -4.46. The second-order valence-corrected chi connectivity index (χ2v) is 7.45. The largest absolute Gasteiger partial charge is 0.484 e. The molecule has 0 aromatic heterocycles. The quantitative estimate of drug-likeness (QED) is 0.746. The molecule has 1 aliphatic heterocycles. The summed E-state index contributed by atoms with van der Waals surface area (Å²) in [7, 11) is 2.08. The molecule has 0 radical (unpaired) electrons. The number of likely N-dealkylation sites (N-methyl/N-ethyl adjacent to an activating group) is 1. The predicted octanol–water partition coefficient (Wildman–Crippen LogP) is 3.19. The minimum Gasteiger partial charge on any atom is -0.484 e. The van der Waals surface area contributed by atoms with Gasteiger partial charge in [0.1, 0.15) is 5.75 Å². The highest BCUT2D eigenvalue weighted by atomic mass is 19.4. The van der Waals surface area contributed by atoms with Gasteiger partial charge in [0.25, 0.3) is 5.91 Å². The van der Waals surface area contributed by atoms with Crippen LogP contribution in [0.1, 0.15) is 17.2 Å². The summed E-state index contributed by atoms with van der Waals surface area (Å²) in [4.78, 5) is 17.0. The molecule has 8 heteroatoms. The molecule has 1 heterocycles. The van der Waals surface area contributed by atoms with E-state index < -0.39 is 11.7 Å². The molecule has 1 amide bonds. The maximum absolute atomic E-state index is 12.8. The van der Waals surface area contributed by atoms with Crippen molar-refractivity contribution in [3.05, 3.63) is 65.7 Å². The van der Waals surface area contributed by atoms with Crippen LogP contribution in [-0.4, -0.2) is 62.1 Å². The molecule has 1 fully saturated rings. The lowest BCUT2D eigenvalue weighted by Gasteiger charge is -2.35. The minimum atomic E-state index is -4.46. The number of ether oxygens (including phenoxy) is 1. The Morgan fingerprint density at radius 2 is 1.77 bits per heavy atom. The van der Waals surface area contributed by atoms with E-state index in [1.54, 1.807) is 0 Å². The van der Waals surface area contributed by atoms with Crippen molar-refractivity contribution in [2.45, 2.75) is 12.2 Å². The maximum Gasteiger partial charge on any atom is 0.416 e. The van der Waals surface area contributed by atoms with Crippen LogP contribution in [0.15, 0.2) is 54.6 Å². The Hall–Kier alpha value is -2.58. The molecule has 5 nitrogen and oxygen atoms in total. The maximum atomic E-state index is 12.8. The Balaban J connectivity index is 1.60. The number of nitrogens with zero attached hydrogens (tertiary/aromatic N) is 2.